The van der Waals surface area contributed by atoms with E-state index in [1.54, 1.807) is 0 Å². The second-order valence-electron chi connectivity index (χ2n) is 20.3. The zero-order valence-electron chi connectivity index (χ0n) is 41.0. The maximum atomic E-state index is 2.59. The first-order valence-electron chi connectivity index (χ1n) is 26.1. The largest absolute Gasteiger partial charge is 0.310 e. The Kier molecular flexibility index (Phi) is 8.99. The van der Waals surface area contributed by atoms with E-state index in [4.69, 9.17) is 0 Å². The molecule has 1 heterocycles. The minimum Gasteiger partial charge on any atom is -0.310 e. The molecule has 13 aromatic carbocycles. The van der Waals surface area contributed by atoms with Gasteiger partial charge in [-0.15, -0.1) is 0 Å². The van der Waals surface area contributed by atoms with Crippen molar-refractivity contribution >= 4 is 71.2 Å². The van der Waals surface area contributed by atoms with E-state index in [9.17, 15) is 0 Å². The molecule has 0 N–H and O–H groups in total. The molecule has 348 valence electrons. The molecular formula is C73H46N2. The van der Waals surface area contributed by atoms with Gasteiger partial charge in [0.15, 0.2) is 0 Å². The number of rotatable bonds is 6. The van der Waals surface area contributed by atoms with E-state index in [0.717, 1.165) is 39.4 Å². The van der Waals surface area contributed by atoms with Crippen LogP contribution in [0.25, 0.3) is 104 Å². The van der Waals surface area contributed by atoms with Gasteiger partial charge in [0, 0.05) is 39.0 Å². The molecule has 75 heavy (non-hydrogen) atoms. The molecule has 0 radical (unpaired) electrons. The minimum atomic E-state index is -0.562. The van der Waals surface area contributed by atoms with Gasteiger partial charge in [0.2, 0.25) is 0 Å². The molecule has 0 saturated carbocycles. The molecule has 2 aliphatic carbocycles. The fourth-order valence-electron chi connectivity index (χ4n) is 13.5. The van der Waals surface area contributed by atoms with Crippen molar-refractivity contribution in [1.29, 1.82) is 0 Å². The number of benzene rings is 13. The lowest BCUT2D eigenvalue weighted by molar-refractivity contribution is 0.794. The summed E-state index contributed by atoms with van der Waals surface area (Å²) in [5.41, 5.74) is 21.2. The summed E-state index contributed by atoms with van der Waals surface area (Å²) in [7, 11) is 0. The standard InChI is InChI=1S/C73H46N2/c1-3-21-47(22-4-1)48-23-19-26-50(43-48)74(51-41-42-56-54-29-8-7-27-52(54)53-28-9-10-30-55(53)63(56)44-51)71-46-69-64(59-33-13-17-39-68(59)73(69)66-37-15-11-31-57(66)58-32-12-16-38-67(58)73)45-65(71)62-36-20-35-61-60-34-14-18-40-70(60)75(72(61)62)49-24-5-2-6-25-49/h1-46H. The first-order valence-corrected chi connectivity index (χ1v) is 26.1. The number of hydrogen-bond donors (Lipinski definition) is 0. The van der Waals surface area contributed by atoms with Gasteiger partial charge in [-0.25, -0.2) is 0 Å². The van der Waals surface area contributed by atoms with E-state index in [1.165, 1.54) is 104 Å². The Morgan fingerprint density at radius 1 is 0.267 bits per heavy atom. The summed E-state index contributed by atoms with van der Waals surface area (Å²) in [5.74, 6) is 0. The summed E-state index contributed by atoms with van der Waals surface area (Å²) in [4.78, 5) is 2.57. The molecule has 0 aliphatic heterocycles. The zero-order chi connectivity index (χ0) is 49.2. The quantitative estimate of drug-likeness (QED) is 0.151. The van der Waals surface area contributed by atoms with Crippen molar-refractivity contribution in [2.24, 2.45) is 0 Å². The first-order chi connectivity index (χ1) is 37.2. The number of anilines is 3. The highest BCUT2D eigenvalue weighted by molar-refractivity contribution is 6.26. The third-order valence-electron chi connectivity index (χ3n) is 16.6. The Morgan fingerprint density at radius 2 is 0.747 bits per heavy atom. The normalized spacial score (nSPS) is 12.9. The van der Waals surface area contributed by atoms with Crippen LogP contribution < -0.4 is 4.90 Å². The third kappa shape index (κ3) is 5.91. The van der Waals surface area contributed by atoms with Gasteiger partial charge in [0.25, 0.3) is 0 Å². The van der Waals surface area contributed by atoms with E-state index < -0.39 is 5.41 Å². The van der Waals surface area contributed by atoms with Crippen LogP contribution >= 0.6 is 0 Å². The average Bonchev–Trinajstić information content (AvgIpc) is 4.29. The topological polar surface area (TPSA) is 8.17 Å². The van der Waals surface area contributed by atoms with E-state index in [1.807, 2.05) is 0 Å². The van der Waals surface area contributed by atoms with Crippen LogP contribution in [0.5, 0.6) is 0 Å². The molecule has 16 rings (SSSR count). The predicted molar refractivity (Wildman–Crippen MR) is 315 cm³/mol. The molecule has 1 aromatic heterocycles. The van der Waals surface area contributed by atoms with Gasteiger partial charge in [0.1, 0.15) is 0 Å². The monoisotopic (exact) mass is 950 g/mol. The minimum absolute atomic E-state index is 0.562. The fourth-order valence-corrected chi connectivity index (χ4v) is 13.5. The van der Waals surface area contributed by atoms with Gasteiger partial charge in [-0.05, 0) is 143 Å². The number of fused-ring (bicyclic) bond motifs is 19. The van der Waals surface area contributed by atoms with Gasteiger partial charge in [-0.1, -0.05) is 224 Å². The van der Waals surface area contributed by atoms with Crippen molar-refractivity contribution in [1.82, 2.24) is 4.57 Å². The molecule has 0 atom stereocenters. The van der Waals surface area contributed by atoms with Crippen LogP contribution in [0.1, 0.15) is 22.3 Å². The van der Waals surface area contributed by atoms with Crippen LogP contribution in [0.2, 0.25) is 0 Å². The Bertz CT molecular complexity index is 4580. The molecule has 1 spiro atoms. The molecule has 2 nitrogen and oxygen atoms in total. The Balaban J connectivity index is 1.08. The lowest BCUT2D eigenvalue weighted by atomic mass is 9.70. The van der Waals surface area contributed by atoms with Crippen molar-refractivity contribution in [2.45, 2.75) is 5.41 Å². The predicted octanol–water partition coefficient (Wildman–Crippen LogP) is 19.4. The van der Waals surface area contributed by atoms with Crippen molar-refractivity contribution in [3.63, 3.8) is 0 Å². The van der Waals surface area contributed by atoms with E-state index in [-0.39, 0.29) is 0 Å². The number of hydrogen-bond acceptors (Lipinski definition) is 1. The second kappa shape index (κ2) is 16.1. The molecule has 2 heteroatoms. The number of aromatic nitrogens is 1. The molecule has 14 aromatic rings. The van der Waals surface area contributed by atoms with E-state index >= 15 is 0 Å². The first kappa shape index (κ1) is 41.8. The van der Waals surface area contributed by atoms with Crippen LogP contribution in [-0.4, -0.2) is 4.57 Å². The summed E-state index contributed by atoms with van der Waals surface area (Å²) < 4.78 is 2.49. The lowest BCUT2D eigenvalue weighted by Gasteiger charge is -2.33. The summed E-state index contributed by atoms with van der Waals surface area (Å²) in [6.07, 6.45) is 0. The van der Waals surface area contributed by atoms with Crippen molar-refractivity contribution in [3.05, 3.63) is 301 Å². The smallest absolute Gasteiger partial charge is 0.0726 e. The van der Waals surface area contributed by atoms with Crippen molar-refractivity contribution < 1.29 is 0 Å². The number of para-hydroxylation sites is 3. The maximum absolute atomic E-state index is 2.59. The lowest BCUT2D eigenvalue weighted by Crippen LogP contribution is -2.26. The maximum Gasteiger partial charge on any atom is 0.0726 e. The number of nitrogens with zero attached hydrogens (tertiary/aromatic N) is 2. The van der Waals surface area contributed by atoms with Crippen LogP contribution in [0.15, 0.2) is 279 Å². The van der Waals surface area contributed by atoms with Crippen LogP contribution in [0.4, 0.5) is 17.1 Å². The summed E-state index contributed by atoms with van der Waals surface area (Å²) in [6, 6.07) is 104. The van der Waals surface area contributed by atoms with Crippen LogP contribution in [-0.2, 0) is 5.41 Å². The summed E-state index contributed by atoms with van der Waals surface area (Å²) in [5, 5.41) is 9.94. The second-order valence-corrected chi connectivity index (χ2v) is 20.3. The van der Waals surface area contributed by atoms with Gasteiger partial charge in [-0.2, -0.15) is 0 Å². The Labute approximate surface area is 435 Å². The molecule has 0 bridgehead atoms. The van der Waals surface area contributed by atoms with Gasteiger partial charge in [-0.3, -0.25) is 0 Å². The fraction of sp³-hybridized carbons (Fsp3) is 0.0137. The van der Waals surface area contributed by atoms with Gasteiger partial charge in [0.05, 0.1) is 22.1 Å². The average molecular weight is 951 g/mol. The molecule has 0 amide bonds. The highest BCUT2D eigenvalue weighted by atomic mass is 15.1. The van der Waals surface area contributed by atoms with Crippen molar-refractivity contribution in [2.75, 3.05) is 4.90 Å². The summed E-state index contributed by atoms with van der Waals surface area (Å²) in [6.45, 7) is 0. The molecule has 0 saturated heterocycles. The SMILES string of the molecule is c1ccc(-c2cccc(N(c3ccc4c5ccccc5c5ccccc5c4c3)c3cc4c(cc3-c3cccc5c6ccccc6n(-c6ccccc6)c35)-c3ccccc3C43c4ccccc4-c4ccccc43)c2)cc1. The van der Waals surface area contributed by atoms with Crippen LogP contribution in [0.3, 0.4) is 0 Å². The summed E-state index contributed by atoms with van der Waals surface area (Å²) >= 11 is 0. The van der Waals surface area contributed by atoms with Gasteiger partial charge < -0.3 is 9.47 Å². The molecule has 0 unspecified atom stereocenters. The Morgan fingerprint density at radius 3 is 1.41 bits per heavy atom. The molecule has 2 aliphatic rings. The van der Waals surface area contributed by atoms with E-state index in [2.05, 4.69) is 289 Å². The van der Waals surface area contributed by atoms with Crippen LogP contribution in [0, 0.1) is 0 Å². The van der Waals surface area contributed by atoms with E-state index in [0.29, 0.717) is 0 Å². The van der Waals surface area contributed by atoms with Gasteiger partial charge >= 0.3 is 0 Å². The molecular weight excluding hydrogens is 905 g/mol. The highest BCUT2D eigenvalue weighted by Crippen LogP contribution is 2.64. The van der Waals surface area contributed by atoms with Crippen molar-refractivity contribution in [3.8, 4) is 50.2 Å². The third-order valence-corrected chi connectivity index (χ3v) is 16.6. The highest BCUT2D eigenvalue weighted by Gasteiger charge is 2.52. The molecule has 0 fully saturated rings. The Hall–Kier alpha value is -9.76. The zero-order valence-corrected chi connectivity index (χ0v) is 41.0.